The molecule has 35 heavy (non-hydrogen) atoms. The van der Waals surface area contributed by atoms with Gasteiger partial charge in [0, 0.05) is 12.3 Å². The van der Waals surface area contributed by atoms with E-state index in [-0.39, 0.29) is 35.3 Å². The molecule has 0 aliphatic carbocycles. The first kappa shape index (κ1) is 26.1. The van der Waals surface area contributed by atoms with Crippen molar-refractivity contribution in [3.63, 3.8) is 0 Å². The number of sulfone groups is 1. The molecule has 3 aromatic carbocycles. The number of hydrogen-bond donors (Lipinski definition) is 2. The number of carbonyl (C=O) groups is 2. The molecule has 2 atom stereocenters. The van der Waals surface area contributed by atoms with E-state index in [4.69, 9.17) is 0 Å². The molecule has 3 rings (SSSR count). The molecule has 7 nitrogen and oxygen atoms in total. The number of rotatable bonds is 9. The smallest absolute Gasteiger partial charge is 0.253 e. The molecule has 8 heteroatoms. The molecule has 0 spiro atoms. The van der Waals surface area contributed by atoms with Crippen LogP contribution in [0.2, 0.25) is 0 Å². The largest absolute Gasteiger partial charge is 0.345 e. The molecular formula is C27H31N3O4S. The predicted octanol–water partition coefficient (Wildman–Crippen LogP) is 4.21. The quantitative estimate of drug-likeness (QED) is 0.466. The predicted molar refractivity (Wildman–Crippen MR) is 138 cm³/mol. The summed E-state index contributed by atoms with van der Waals surface area (Å²) in [6.45, 7) is 3.94. The lowest BCUT2D eigenvalue weighted by Crippen LogP contribution is -2.33. The van der Waals surface area contributed by atoms with Crippen LogP contribution in [0.25, 0.3) is 0 Å². The molecule has 0 aliphatic rings. The second-order valence-electron chi connectivity index (χ2n) is 8.63. The second kappa shape index (κ2) is 11.3. The van der Waals surface area contributed by atoms with Crippen molar-refractivity contribution in [2.75, 3.05) is 25.2 Å². The van der Waals surface area contributed by atoms with Crippen LogP contribution in [0.15, 0.2) is 83.8 Å². The Hall–Kier alpha value is -3.49. The summed E-state index contributed by atoms with van der Waals surface area (Å²) in [4.78, 5) is 27.8. The molecule has 184 valence electrons. The fourth-order valence-corrected chi connectivity index (χ4v) is 4.32. The van der Waals surface area contributed by atoms with E-state index in [1.807, 2.05) is 56.1 Å². The molecule has 0 radical (unpaired) electrons. The highest BCUT2D eigenvalue weighted by Gasteiger charge is 2.19. The maximum atomic E-state index is 12.9. The lowest BCUT2D eigenvalue weighted by atomic mass is 10.1. The van der Waals surface area contributed by atoms with Gasteiger partial charge in [-0.1, -0.05) is 54.6 Å². The first-order chi connectivity index (χ1) is 16.6. The van der Waals surface area contributed by atoms with Crippen LogP contribution >= 0.6 is 0 Å². The number of anilines is 1. The SMILES string of the molecule is CC(NC(=O)c1ccccc1NC(=O)CN(C)C(C)c1ccc(S(C)(=O)=O)cc1)c1ccccc1. The van der Waals surface area contributed by atoms with E-state index in [0.717, 1.165) is 11.1 Å². The number of amides is 2. The summed E-state index contributed by atoms with van der Waals surface area (Å²) < 4.78 is 23.4. The van der Waals surface area contributed by atoms with Gasteiger partial charge in [0.05, 0.1) is 28.7 Å². The number of likely N-dealkylation sites (N-methyl/N-ethyl adjacent to an activating group) is 1. The molecule has 0 aliphatic heterocycles. The Bertz CT molecular complexity index is 1280. The Morgan fingerprint density at radius 2 is 1.46 bits per heavy atom. The van der Waals surface area contributed by atoms with Gasteiger partial charge in [-0.2, -0.15) is 0 Å². The van der Waals surface area contributed by atoms with Gasteiger partial charge < -0.3 is 10.6 Å². The minimum absolute atomic E-state index is 0.0887. The van der Waals surface area contributed by atoms with Crippen molar-refractivity contribution < 1.29 is 18.0 Å². The average Bonchev–Trinajstić information content (AvgIpc) is 2.83. The Labute approximate surface area is 207 Å². The fraction of sp³-hybridized carbons (Fsp3) is 0.259. The number of nitrogens with one attached hydrogen (secondary N) is 2. The van der Waals surface area contributed by atoms with Crippen LogP contribution < -0.4 is 10.6 Å². The molecule has 0 saturated heterocycles. The maximum absolute atomic E-state index is 12.9. The van der Waals surface area contributed by atoms with Gasteiger partial charge in [0.2, 0.25) is 5.91 Å². The zero-order valence-electron chi connectivity index (χ0n) is 20.4. The van der Waals surface area contributed by atoms with Gasteiger partial charge in [0.15, 0.2) is 9.84 Å². The van der Waals surface area contributed by atoms with E-state index in [1.165, 1.54) is 6.26 Å². The molecular weight excluding hydrogens is 462 g/mol. The normalized spacial score (nSPS) is 13.2. The Morgan fingerprint density at radius 3 is 2.09 bits per heavy atom. The minimum Gasteiger partial charge on any atom is -0.345 e. The lowest BCUT2D eigenvalue weighted by Gasteiger charge is -2.25. The molecule has 0 heterocycles. The van der Waals surface area contributed by atoms with Gasteiger partial charge in [-0.05, 0) is 56.3 Å². The van der Waals surface area contributed by atoms with Gasteiger partial charge in [-0.25, -0.2) is 8.42 Å². The van der Waals surface area contributed by atoms with Crippen molar-refractivity contribution in [2.24, 2.45) is 0 Å². The molecule has 2 N–H and O–H groups in total. The van der Waals surface area contributed by atoms with E-state index < -0.39 is 9.84 Å². The number of carbonyl (C=O) groups excluding carboxylic acids is 2. The highest BCUT2D eigenvalue weighted by Crippen LogP contribution is 2.22. The van der Waals surface area contributed by atoms with E-state index in [0.29, 0.717) is 11.3 Å². The van der Waals surface area contributed by atoms with Gasteiger partial charge in [-0.15, -0.1) is 0 Å². The van der Waals surface area contributed by atoms with Gasteiger partial charge in [0.1, 0.15) is 0 Å². The van der Waals surface area contributed by atoms with Crippen molar-refractivity contribution >= 4 is 27.3 Å². The standard InChI is InChI=1S/C27H31N3O4S/c1-19(21-10-6-5-7-11-21)28-27(32)24-12-8-9-13-25(24)29-26(31)18-30(3)20(2)22-14-16-23(17-15-22)35(4,33)34/h5-17,19-20H,18H2,1-4H3,(H,28,32)(H,29,31). The highest BCUT2D eigenvalue weighted by molar-refractivity contribution is 7.90. The van der Waals surface area contributed by atoms with Crippen LogP contribution in [0.1, 0.15) is 47.4 Å². The number of nitrogens with zero attached hydrogens (tertiary/aromatic N) is 1. The molecule has 0 bridgehead atoms. The maximum Gasteiger partial charge on any atom is 0.253 e. The summed E-state index contributed by atoms with van der Waals surface area (Å²) in [6, 6.07) is 22.9. The molecule has 0 saturated carbocycles. The van der Waals surface area contributed by atoms with Gasteiger partial charge in [0.25, 0.3) is 5.91 Å². The van der Waals surface area contributed by atoms with E-state index in [9.17, 15) is 18.0 Å². The molecule has 2 unspecified atom stereocenters. The van der Waals surface area contributed by atoms with Crippen LogP contribution in [-0.4, -0.2) is 45.0 Å². The van der Waals surface area contributed by atoms with Crippen LogP contribution in [0.5, 0.6) is 0 Å². The van der Waals surface area contributed by atoms with Crippen molar-refractivity contribution in [1.29, 1.82) is 0 Å². The van der Waals surface area contributed by atoms with E-state index in [1.54, 1.807) is 48.5 Å². The third-order valence-corrected chi connectivity index (χ3v) is 7.07. The van der Waals surface area contributed by atoms with Crippen molar-refractivity contribution in [3.05, 3.63) is 95.6 Å². The zero-order chi connectivity index (χ0) is 25.6. The monoisotopic (exact) mass is 493 g/mol. The third kappa shape index (κ3) is 7.00. The molecule has 0 fully saturated rings. The van der Waals surface area contributed by atoms with Crippen LogP contribution in [0.3, 0.4) is 0 Å². The van der Waals surface area contributed by atoms with Gasteiger partial charge >= 0.3 is 0 Å². The summed E-state index contributed by atoms with van der Waals surface area (Å²) in [5, 5.41) is 5.83. The Morgan fingerprint density at radius 1 is 0.857 bits per heavy atom. The van der Waals surface area contributed by atoms with Crippen molar-refractivity contribution in [1.82, 2.24) is 10.2 Å². The van der Waals surface area contributed by atoms with Crippen LogP contribution in [0, 0.1) is 0 Å². The summed E-state index contributed by atoms with van der Waals surface area (Å²) in [5.74, 6) is -0.534. The summed E-state index contributed by atoms with van der Waals surface area (Å²) >= 11 is 0. The second-order valence-corrected chi connectivity index (χ2v) is 10.6. The zero-order valence-corrected chi connectivity index (χ0v) is 21.2. The van der Waals surface area contributed by atoms with E-state index in [2.05, 4.69) is 10.6 Å². The van der Waals surface area contributed by atoms with Crippen LogP contribution in [0.4, 0.5) is 5.69 Å². The van der Waals surface area contributed by atoms with Crippen LogP contribution in [-0.2, 0) is 14.6 Å². The molecule has 3 aromatic rings. The lowest BCUT2D eigenvalue weighted by molar-refractivity contribution is -0.117. The Balaban J connectivity index is 1.64. The summed E-state index contributed by atoms with van der Waals surface area (Å²) in [5.41, 5.74) is 2.70. The third-order valence-electron chi connectivity index (χ3n) is 5.94. The van der Waals surface area contributed by atoms with Crippen molar-refractivity contribution in [2.45, 2.75) is 30.8 Å². The number of para-hydroxylation sites is 1. The molecule has 2 amide bonds. The van der Waals surface area contributed by atoms with Crippen molar-refractivity contribution in [3.8, 4) is 0 Å². The first-order valence-electron chi connectivity index (χ1n) is 11.3. The molecule has 0 aromatic heterocycles. The average molecular weight is 494 g/mol. The summed E-state index contributed by atoms with van der Waals surface area (Å²) in [7, 11) is -1.45. The summed E-state index contributed by atoms with van der Waals surface area (Å²) in [6.07, 6.45) is 1.17. The minimum atomic E-state index is -3.26. The highest BCUT2D eigenvalue weighted by atomic mass is 32.2. The number of hydrogen-bond acceptors (Lipinski definition) is 5. The topological polar surface area (TPSA) is 95.6 Å². The van der Waals surface area contributed by atoms with E-state index >= 15 is 0 Å². The Kier molecular flexibility index (Phi) is 8.43. The fourth-order valence-electron chi connectivity index (χ4n) is 3.69. The number of benzene rings is 3. The first-order valence-corrected chi connectivity index (χ1v) is 13.2. The van der Waals surface area contributed by atoms with Gasteiger partial charge in [-0.3, -0.25) is 14.5 Å².